The molecule has 1 N–H and O–H groups in total. The lowest BCUT2D eigenvalue weighted by atomic mass is 10.2. The molecule has 0 bridgehead atoms. The van der Waals surface area contributed by atoms with Gasteiger partial charge in [-0.1, -0.05) is 67.7 Å². The molecule has 0 aliphatic carbocycles. The maximum absolute atomic E-state index is 10.3. The molecule has 0 saturated heterocycles. The van der Waals surface area contributed by atoms with Crippen LogP contribution in [0.2, 0.25) is 0 Å². The Kier molecular flexibility index (Phi) is 18.4. The molecule has 0 aromatic rings. The Morgan fingerprint density at radius 1 is 0.750 bits per heavy atom. The van der Waals surface area contributed by atoms with Crippen molar-refractivity contribution in [3.63, 3.8) is 0 Å². The van der Waals surface area contributed by atoms with Crippen molar-refractivity contribution in [3.05, 3.63) is 60.8 Å². The van der Waals surface area contributed by atoms with Gasteiger partial charge in [0.25, 0.3) is 0 Å². The second kappa shape index (κ2) is 19.6. The molecular formula is C21H32O2S. The van der Waals surface area contributed by atoms with Crippen LogP contribution >= 0.6 is 11.8 Å². The molecule has 134 valence electrons. The van der Waals surface area contributed by atoms with Gasteiger partial charge in [-0.05, 0) is 44.3 Å². The average molecular weight is 349 g/mol. The lowest BCUT2D eigenvalue weighted by Crippen LogP contribution is -1.96. The van der Waals surface area contributed by atoms with Crippen molar-refractivity contribution in [1.82, 2.24) is 0 Å². The van der Waals surface area contributed by atoms with Gasteiger partial charge in [0.15, 0.2) is 0 Å². The minimum atomic E-state index is -0.711. The maximum atomic E-state index is 10.3. The van der Waals surface area contributed by atoms with Crippen LogP contribution in [0.5, 0.6) is 0 Å². The molecule has 0 aliphatic rings. The van der Waals surface area contributed by atoms with E-state index in [1.54, 1.807) is 11.8 Å². The molecule has 0 heterocycles. The first kappa shape index (κ1) is 22.5. The van der Waals surface area contributed by atoms with Crippen molar-refractivity contribution in [2.45, 2.75) is 51.9 Å². The van der Waals surface area contributed by atoms with Gasteiger partial charge in [0.1, 0.15) is 0 Å². The second-order valence-corrected chi connectivity index (χ2v) is 6.48. The van der Waals surface area contributed by atoms with Gasteiger partial charge >= 0.3 is 5.97 Å². The zero-order chi connectivity index (χ0) is 17.7. The van der Waals surface area contributed by atoms with E-state index in [2.05, 4.69) is 67.7 Å². The van der Waals surface area contributed by atoms with Crippen molar-refractivity contribution < 1.29 is 9.90 Å². The summed E-state index contributed by atoms with van der Waals surface area (Å²) in [6, 6.07) is 0. The van der Waals surface area contributed by atoms with Crippen LogP contribution in [0.3, 0.4) is 0 Å². The molecule has 3 heteroatoms. The summed E-state index contributed by atoms with van der Waals surface area (Å²) in [5, 5.41) is 8.51. The van der Waals surface area contributed by atoms with E-state index >= 15 is 0 Å². The zero-order valence-electron chi connectivity index (χ0n) is 14.9. The van der Waals surface area contributed by atoms with E-state index in [-0.39, 0.29) is 6.42 Å². The molecule has 0 rings (SSSR count). The molecule has 24 heavy (non-hydrogen) atoms. The third-order valence-corrected chi connectivity index (χ3v) is 4.06. The first-order chi connectivity index (χ1) is 11.8. The summed E-state index contributed by atoms with van der Waals surface area (Å²) in [6.45, 7) is 2.15. The summed E-state index contributed by atoms with van der Waals surface area (Å²) in [7, 11) is 0. The van der Waals surface area contributed by atoms with Crippen LogP contribution in [0.15, 0.2) is 60.8 Å². The van der Waals surface area contributed by atoms with E-state index in [0.717, 1.165) is 44.3 Å². The van der Waals surface area contributed by atoms with Crippen LogP contribution in [-0.4, -0.2) is 22.6 Å². The van der Waals surface area contributed by atoms with Crippen molar-refractivity contribution in [2.75, 3.05) is 11.5 Å². The van der Waals surface area contributed by atoms with Gasteiger partial charge in [0, 0.05) is 5.75 Å². The maximum Gasteiger partial charge on any atom is 0.304 e. The van der Waals surface area contributed by atoms with Gasteiger partial charge in [-0.15, -0.1) is 0 Å². The third-order valence-electron chi connectivity index (χ3n) is 3.05. The Hall–Kier alpha value is -1.48. The van der Waals surface area contributed by atoms with Crippen molar-refractivity contribution in [2.24, 2.45) is 0 Å². The predicted octanol–water partition coefficient (Wildman–Crippen LogP) is 6.34. The molecule has 0 aromatic heterocycles. The number of rotatable bonds is 15. The highest BCUT2D eigenvalue weighted by Crippen LogP contribution is 2.05. The highest BCUT2D eigenvalue weighted by molar-refractivity contribution is 7.99. The van der Waals surface area contributed by atoms with Gasteiger partial charge < -0.3 is 5.11 Å². The Morgan fingerprint density at radius 2 is 1.21 bits per heavy atom. The molecule has 0 fully saturated rings. The van der Waals surface area contributed by atoms with Crippen LogP contribution in [0.1, 0.15) is 51.9 Å². The first-order valence-corrected chi connectivity index (χ1v) is 9.97. The molecule has 0 unspecified atom stereocenters. The molecular weight excluding hydrogens is 316 g/mol. The van der Waals surface area contributed by atoms with Gasteiger partial charge in [0.2, 0.25) is 0 Å². The van der Waals surface area contributed by atoms with Gasteiger partial charge in [-0.3, -0.25) is 4.79 Å². The van der Waals surface area contributed by atoms with Crippen LogP contribution < -0.4 is 0 Å². The number of hydrogen-bond acceptors (Lipinski definition) is 2. The van der Waals surface area contributed by atoms with E-state index in [4.69, 9.17) is 5.11 Å². The summed E-state index contributed by atoms with van der Waals surface area (Å²) in [4.78, 5) is 10.3. The zero-order valence-corrected chi connectivity index (χ0v) is 15.7. The van der Waals surface area contributed by atoms with E-state index in [0.29, 0.717) is 5.75 Å². The van der Waals surface area contributed by atoms with E-state index in [9.17, 15) is 4.79 Å². The number of carboxylic acids is 1. The Labute approximate surface area is 152 Å². The van der Waals surface area contributed by atoms with E-state index in [1.807, 2.05) is 0 Å². The topological polar surface area (TPSA) is 37.3 Å². The highest BCUT2D eigenvalue weighted by atomic mass is 32.2. The van der Waals surface area contributed by atoms with Gasteiger partial charge in [-0.2, -0.15) is 11.8 Å². The molecule has 2 nitrogen and oxygen atoms in total. The number of allylic oxidation sites excluding steroid dienone is 10. The number of thioether (sulfide) groups is 1. The van der Waals surface area contributed by atoms with E-state index < -0.39 is 5.97 Å². The van der Waals surface area contributed by atoms with Crippen LogP contribution in [0.4, 0.5) is 0 Å². The summed E-state index contributed by atoms with van der Waals surface area (Å²) in [5.74, 6) is 0.996. The molecule has 0 aliphatic heterocycles. The fourth-order valence-corrected chi connectivity index (χ4v) is 2.61. The Morgan fingerprint density at radius 3 is 1.67 bits per heavy atom. The molecule has 0 radical (unpaired) electrons. The molecule has 0 spiro atoms. The largest absolute Gasteiger partial charge is 0.481 e. The second-order valence-electron chi connectivity index (χ2n) is 5.25. The standard InChI is InChI=1S/C21H32O2S/c1-2-3-4-5-6-7-8-9-10-11-12-13-14-15-16-17-19-24-20-18-21(22)23/h3-4,6-7,9-10,12-13,15-16H,2,5,8,11,14,17-20H2,1H3,(H,22,23). The van der Waals surface area contributed by atoms with Crippen LogP contribution in [-0.2, 0) is 4.79 Å². The monoisotopic (exact) mass is 348 g/mol. The number of carboxylic acid groups (broad SMARTS) is 1. The minimum absolute atomic E-state index is 0.260. The first-order valence-electron chi connectivity index (χ1n) is 8.81. The fraction of sp³-hybridized carbons (Fsp3) is 0.476. The molecule has 0 amide bonds. The summed E-state index contributed by atoms with van der Waals surface area (Å²) in [6.07, 6.45) is 28.3. The van der Waals surface area contributed by atoms with Gasteiger partial charge in [0.05, 0.1) is 6.42 Å². The SMILES string of the molecule is CCC=CCC=CCC=CCC=CCC=CCCSCCC(=O)O. The lowest BCUT2D eigenvalue weighted by Gasteiger charge is -1.95. The number of hydrogen-bond donors (Lipinski definition) is 1. The fourth-order valence-electron chi connectivity index (χ4n) is 1.78. The minimum Gasteiger partial charge on any atom is -0.481 e. The Bertz CT molecular complexity index is 431. The van der Waals surface area contributed by atoms with E-state index in [1.165, 1.54) is 0 Å². The summed E-state index contributed by atoms with van der Waals surface area (Å²) < 4.78 is 0. The Balaban J connectivity index is 3.42. The van der Waals surface area contributed by atoms with Crippen LogP contribution in [0.25, 0.3) is 0 Å². The number of aliphatic carboxylic acids is 1. The van der Waals surface area contributed by atoms with Crippen LogP contribution in [0, 0.1) is 0 Å². The van der Waals surface area contributed by atoms with Crippen molar-refractivity contribution in [1.29, 1.82) is 0 Å². The molecule has 0 atom stereocenters. The molecule has 0 aromatic carbocycles. The number of carbonyl (C=O) groups is 1. The average Bonchev–Trinajstić information content (AvgIpc) is 2.56. The summed E-state index contributed by atoms with van der Waals surface area (Å²) >= 11 is 1.70. The predicted molar refractivity (Wildman–Crippen MR) is 109 cm³/mol. The lowest BCUT2D eigenvalue weighted by molar-refractivity contribution is -0.136. The van der Waals surface area contributed by atoms with Crippen molar-refractivity contribution >= 4 is 17.7 Å². The normalized spacial score (nSPS) is 12.7. The smallest absolute Gasteiger partial charge is 0.304 e. The summed E-state index contributed by atoms with van der Waals surface area (Å²) in [5.41, 5.74) is 0. The van der Waals surface area contributed by atoms with Gasteiger partial charge in [-0.25, -0.2) is 0 Å². The third kappa shape index (κ3) is 20.5. The molecule has 0 saturated carbocycles. The quantitative estimate of drug-likeness (QED) is 0.277. The van der Waals surface area contributed by atoms with Crippen molar-refractivity contribution in [3.8, 4) is 0 Å². The highest BCUT2D eigenvalue weighted by Gasteiger charge is 1.94.